The minimum absolute atomic E-state index is 0.588. The van der Waals surface area contributed by atoms with E-state index in [2.05, 4.69) is 0 Å². The summed E-state index contributed by atoms with van der Waals surface area (Å²) in [6.45, 7) is 1.18. The smallest absolute Gasteiger partial charge is 0.233 e. The Bertz CT molecular complexity index is 144. The lowest BCUT2D eigenvalue weighted by Gasteiger charge is -2.33. The maximum Gasteiger partial charge on any atom is 0.233 e. The third-order valence-electron chi connectivity index (χ3n) is 2.99. The predicted molar refractivity (Wildman–Crippen MR) is 53.7 cm³/mol. The van der Waals surface area contributed by atoms with E-state index >= 15 is 0 Å². The summed E-state index contributed by atoms with van der Waals surface area (Å²) in [7, 11) is 0. The van der Waals surface area contributed by atoms with Crippen LogP contribution in [0.3, 0.4) is 0 Å². The fourth-order valence-electron chi connectivity index (χ4n) is 2.10. The SMILES string of the molecule is C1CCCC2(CCC1)OOCCCOO2. The summed E-state index contributed by atoms with van der Waals surface area (Å²) in [5.74, 6) is -0.638. The van der Waals surface area contributed by atoms with Gasteiger partial charge in [-0.25, -0.2) is 9.78 Å². The number of hydrogen-bond donors (Lipinski definition) is 0. The zero-order valence-corrected chi connectivity index (χ0v) is 9.20. The van der Waals surface area contributed by atoms with Crippen LogP contribution in [0.15, 0.2) is 0 Å². The topological polar surface area (TPSA) is 36.9 Å². The van der Waals surface area contributed by atoms with Crippen LogP contribution in [-0.2, 0) is 19.6 Å². The van der Waals surface area contributed by atoms with Crippen molar-refractivity contribution >= 4 is 0 Å². The van der Waals surface area contributed by atoms with E-state index < -0.39 is 5.79 Å². The Morgan fingerprint density at radius 2 is 1.13 bits per heavy atom. The van der Waals surface area contributed by atoms with E-state index in [1.165, 1.54) is 19.3 Å². The van der Waals surface area contributed by atoms with Gasteiger partial charge in [0.2, 0.25) is 5.79 Å². The van der Waals surface area contributed by atoms with Crippen molar-refractivity contribution < 1.29 is 19.6 Å². The molecule has 0 unspecified atom stereocenters. The molecule has 1 aliphatic heterocycles. The van der Waals surface area contributed by atoms with Gasteiger partial charge < -0.3 is 0 Å². The van der Waals surface area contributed by atoms with Crippen molar-refractivity contribution in [1.29, 1.82) is 0 Å². The molecular weight excluding hydrogens is 196 g/mol. The molecule has 0 bridgehead atoms. The van der Waals surface area contributed by atoms with Gasteiger partial charge in [0.1, 0.15) is 0 Å². The van der Waals surface area contributed by atoms with E-state index in [1.807, 2.05) is 0 Å². The zero-order chi connectivity index (χ0) is 10.4. The van der Waals surface area contributed by atoms with Gasteiger partial charge in [-0.05, 0) is 12.8 Å². The molecule has 4 nitrogen and oxygen atoms in total. The normalized spacial score (nSPS) is 28.8. The van der Waals surface area contributed by atoms with Gasteiger partial charge in [0.15, 0.2) is 0 Å². The van der Waals surface area contributed by atoms with Gasteiger partial charge in [-0.1, -0.05) is 19.3 Å². The lowest BCUT2D eigenvalue weighted by molar-refractivity contribution is -0.526. The van der Waals surface area contributed by atoms with Crippen LogP contribution in [0.4, 0.5) is 0 Å². The molecule has 1 saturated carbocycles. The molecule has 0 radical (unpaired) electrons. The minimum atomic E-state index is -0.638. The van der Waals surface area contributed by atoms with E-state index in [9.17, 15) is 0 Å². The van der Waals surface area contributed by atoms with Crippen LogP contribution in [0.1, 0.15) is 51.4 Å². The van der Waals surface area contributed by atoms with Crippen molar-refractivity contribution in [2.75, 3.05) is 13.2 Å². The van der Waals surface area contributed by atoms with E-state index in [-0.39, 0.29) is 0 Å². The summed E-state index contributed by atoms with van der Waals surface area (Å²) in [4.78, 5) is 21.1. The first-order valence-corrected chi connectivity index (χ1v) is 6.03. The standard InChI is InChI=1S/C11H20O4/c1-2-4-7-11(8-5-3-1)14-12-9-6-10-13-15-11/h1-10H2. The summed E-state index contributed by atoms with van der Waals surface area (Å²) in [5.41, 5.74) is 0. The van der Waals surface area contributed by atoms with Crippen LogP contribution in [0.25, 0.3) is 0 Å². The Labute approximate surface area is 90.7 Å². The molecule has 0 amide bonds. The third-order valence-corrected chi connectivity index (χ3v) is 2.99. The van der Waals surface area contributed by atoms with Crippen LogP contribution in [0.5, 0.6) is 0 Å². The Kier molecular flexibility index (Phi) is 4.38. The summed E-state index contributed by atoms with van der Waals surface area (Å²) in [5, 5.41) is 0. The van der Waals surface area contributed by atoms with Crippen molar-refractivity contribution in [3.8, 4) is 0 Å². The van der Waals surface area contributed by atoms with Gasteiger partial charge in [0.25, 0.3) is 0 Å². The van der Waals surface area contributed by atoms with Crippen molar-refractivity contribution in [3.05, 3.63) is 0 Å². The molecule has 4 heteroatoms. The average molecular weight is 216 g/mol. The molecule has 1 saturated heterocycles. The van der Waals surface area contributed by atoms with Crippen molar-refractivity contribution in [3.63, 3.8) is 0 Å². The second-order valence-electron chi connectivity index (χ2n) is 4.34. The Morgan fingerprint density at radius 3 is 1.73 bits per heavy atom. The Hall–Kier alpha value is -0.160. The minimum Gasteiger partial charge on any atom is -0.234 e. The summed E-state index contributed by atoms with van der Waals surface area (Å²) in [6, 6.07) is 0. The molecule has 15 heavy (non-hydrogen) atoms. The quantitative estimate of drug-likeness (QED) is 0.583. The van der Waals surface area contributed by atoms with Crippen LogP contribution >= 0.6 is 0 Å². The zero-order valence-electron chi connectivity index (χ0n) is 9.20. The second kappa shape index (κ2) is 5.80. The first-order valence-electron chi connectivity index (χ1n) is 6.03. The van der Waals surface area contributed by atoms with Crippen LogP contribution < -0.4 is 0 Å². The lowest BCUT2D eigenvalue weighted by atomic mass is 9.96. The van der Waals surface area contributed by atoms with Gasteiger partial charge in [0, 0.05) is 19.3 Å². The highest BCUT2D eigenvalue weighted by molar-refractivity contribution is 4.70. The molecule has 2 fully saturated rings. The van der Waals surface area contributed by atoms with Gasteiger partial charge in [-0.2, -0.15) is 9.78 Å². The van der Waals surface area contributed by atoms with Crippen LogP contribution in [-0.4, -0.2) is 19.0 Å². The van der Waals surface area contributed by atoms with Gasteiger partial charge in [-0.15, -0.1) is 0 Å². The van der Waals surface area contributed by atoms with E-state index in [0.29, 0.717) is 13.2 Å². The maximum absolute atomic E-state index is 5.40. The van der Waals surface area contributed by atoms with E-state index in [4.69, 9.17) is 19.6 Å². The van der Waals surface area contributed by atoms with E-state index in [0.717, 1.165) is 32.1 Å². The highest BCUT2D eigenvalue weighted by atomic mass is 17.3. The molecule has 0 N–H and O–H groups in total. The highest BCUT2D eigenvalue weighted by Gasteiger charge is 2.36. The van der Waals surface area contributed by atoms with E-state index in [1.54, 1.807) is 0 Å². The summed E-state index contributed by atoms with van der Waals surface area (Å²) < 4.78 is 0. The summed E-state index contributed by atoms with van der Waals surface area (Å²) >= 11 is 0. The van der Waals surface area contributed by atoms with Crippen molar-refractivity contribution in [1.82, 2.24) is 0 Å². The Balaban J connectivity index is 1.92. The number of hydrogen-bond acceptors (Lipinski definition) is 4. The first-order chi connectivity index (χ1) is 7.41. The second-order valence-corrected chi connectivity index (χ2v) is 4.34. The molecular formula is C11H20O4. The highest BCUT2D eigenvalue weighted by Crippen LogP contribution is 2.32. The fraction of sp³-hybridized carbons (Fsp3) is 1.00. The fourth-order valence-corrected chi connectivity index (χ4v) is 2.10. The van der Waals surface area contributed by atoms with Crippen LogP contribution in [0.2, 0.25) is 0 Å². The molecule has 2 rings (SSSR count). The molecule has 0 aromatic carbocycles. The van der Waals surface area contributed by atoms with Gasteiger partial charge >= 0.3 is 0 Å². The average Bonchev–Trinajstić information content (AvgIpc) is 2.15. The van der Waals surface area contributed by atoms with Crippen molar-refractivity contribution in [2.24, 2.45) is 0 Å². The lowest BCUT2D eigenvalue weighted by Crippen LogP contribution is -2.38. The monoisotopic (exact) mass is 216 g/mol. The number of rotatable bonds is 0. The predicted octanol–water partition coefficient (Wildman–Crippen LogP) is 2.73. The molecule has 0 aromatic heterocycles. The first kappa shape index (κ1) is 11.3. The van der Waals surface area contributed by atoms with Gasteiger partial charge in [0.05, 0.1) is 13.2 Å². The maximum atomic E-state index is 5.40. The Morgan fingerprint density at radius 1 is 0.600 bits per heavy atom. The molecule has 0 aromatic rings. The molecule has 1 spiro atoms. The third kappa shape index (κ3) is 3.41. The largest absolute Gasteiger partial charge is 0.234 e. The molecule has 0 atom stereocenters. The van der Waals surface area contributed by atoms with Crippen molar-refractivity contribution in [2.45, 2.75) is 57.2 Å². The molecule has 1 aliphatic carbocycles. The molecule has 2 aliphatic rings. The molecule has 1 heterocycles. The van der Waals surface area contributed by atoms with Crippen LogP contribution in [0, 0.1) is 0 Å². The van der Waals surface area contributed by atoms with Gasteiger partial charge in [-0.3, -0.25) is 0 Å². The molecule has 88 valence electrons. The summed E-state index contributed by atoms with van der Waals surface area (Å²) in [6.07, 6.45) is 8.59.